The Morgan fingerprint density at radius 1 is 0.290 bits per heavy atom. The van der Waals surface area contributed by atoms with E-state index in [-0.39, 0.29) is 0 Å². The molecule has 4 heterocycles. The van der Waals surface area contributed by atoms with Crippen molar-refractivity contribution >= 4 is 65.7 Å². The highest BCUT2D eigenvalue weighted by molar-refractivity contribution is 6.22. The lowest BCUT2D eigenvalue weighted by Gasteiger charge is -2.13. The number of aromatic nitrogens is 4. The van der Waals surface area contributed by atoms with Gasteiger partial charge in [-0.25, -0.2) is 15.0 Å². The first-order valence-electron chi connectivity index (χ1n) is 23.2. The van der Waals surface area contributed by atoms with E-state index < -0.39 is 0 Å². The van der Waals surface area contributed by atoms with Crippen molar-refractivity contribution in [2.24, 2.45) is 0 Å². The highest BCUT2D eigenvalue weighted by Gasteiger charge is 2.24. The number of nitrogens with zero attached hydrogens (tertiary/aromatic N) is 4. The SMILES string of the molecule is c1ccc(-c2ccc3c(c2)c2ccccc2n3-c2ccc(-c3cccc4oc5cccc(-c6cccc(-c7nc(-c8ccccc8)nc(-c8ccccc8)n7)c6)c5c34)c3oc4ccccc4c23)cc1. The summed E-state index contributed by atoms with van der Waals surface area (Å²) in [5.41, 5.74) is 15.8. The highest BCUT2D eigenvalue weighted by Crippen LogP contribution is 2.47. The molecule has 0 bridgehead atoms. The fourth-order valence-electron chi connectivity index (χ4n) is 10.3. The zero-order valence-corrected chi connectivity index (χ0v) is 37.0. The first-order valence-corrected chi connectivity index (χ1v) is 23.2. The summed E-state index contributed by atoms with van der Waals surface area (Å²) in [5, 5.41) is 6.55. The molecule has 0 N–H and O–H groups in total. The molecule has 6 heteroatoms. The maximum absolute atomic E-state index is 7.02. The molecule has 0 fully saturated rings. The summed E-state index contributed by atoms with van der Waals surface area (Å²) < 4.78 is 16.2. The van der Waals surface area contributed by atoms with E-state index in [1.807, 2.05) is 66.7 Å². The average molecular weight is 883 g/mol. The van der Waals surface area contributed by atoms with Crippen LogP contribution in [0.2, 0.25) is 0 Å². The summed E-state index contributed by atoms with van der Waals surface area (Å²) >= 11 is 0. The zero-order valence-electron chi connectivity index (χ0n) is 37.0. The fraction of sp³-hybridized carbons (Fsp3) is 0. The van der Waals surface area contributed by atoms with Crippen LogP contribution in [0.4, 0.5) is 0 Å². The molecule has 6 nitrogen and oxygen atoms in total. The molecule has 0 amide bonds. The third kappa shape index (κ3) is 6.30. The van der Waals surface area contributed by atoms with Crippen molar-refractivity contribution in [2.75, 3.05) is 0 Å². The minimum Gasteiger partial charge on any atom is -0.456 e. The quantitative estimate of drug-likeness (QED) is 0.159. The summed E-state index contributed by atoms with van der Waals surface area (Å²) in [5.74, 6) is 1.84. The maximum Gasteiger partial charge on any atom is 0.164 e. The van der Waals surface area contributed by atoms with Gasteiger partial charge >= 0.3 is 0 Å². The van der Waals surface area contributed by atoms with Gasteiger partial charge in [0.2, 0.25) is 0 Å². The molecule has 10 aromatic carbocycles. The van der Waals surface area contributed by atoms with Gasteiger partial charge in [-0.2, -0.15) is 0 Å². The molecule has 0 unspecified atom stereocenters. The van der Waals surface area contributed by atoms with E-state index in [9.17, 15) is 0 Å². The molecule has 0 aliphatic heterocycles. The van der Waals surface area contributed by atoms with Crippen LogP contribution in [-0.2, 0) is 0 Å². The Morgan fingerprint density at radius 2 is 0.826 bits per heavy atom. The smallest absolute Gasteiger partial charge is 0.164 e. The standard InChI is InChI=1S/C63H38N4O2/c1-4-17-39(18-5-1)42-33-35-52-50(38-42)46-25-10-12-29-51(46)67(52)53-36-34-48(60-57(53)49-26-11-13-30-54(49)69-60)47-28-16-32-56-59(47)58-45(27-15-31-55(58)68-56)43-23-14-24-44(37-43)63-65-61(40-19-6-2-7-20-40)64-62(66-63)41-21-8-3-9-22-41/h1-38H. The Hall–Kier alpha value is -9.39. The van der Waals surface area contributed by atoms with E-state index in [0.29, 0.717) is 17.5 Å². The molecule has 14 rings (SSSR count). The van der Waals surface area contributed by atoms with Crippen molar-refractivity contribution in [3.63, 3.8) is 0 Å². The summed E-state index contributed by atoms with van der Waals surface area (Å²) in [6, 6.07) is 80.3. The van der Waals surface area contributed by atoms with Gasteiger partial charge in [0.1, 0.15) is 22.3 Å². The Kier molecular flexibility index (Phi) is 8.79. The highest BCUT2D eigenvalue weighted by atomic mass is 16.3. The first-order chi connectivity index (χ1) is 34.2. The molecular formula is C63H38N4O2. The Labute approximate surface area is 396 Å². The molecule has 69 heavy (non-hydrogen) atoms. The Bertz CT molecular complexity index is 4250. The van der Waals surface area contributed by atoms with Crippen LogP contribution in [0.15, 0.2) is 239 Å². The zero-order chi connectivity index (χ0) is 45.4. The van der Waals surface area contributed by atoms with Crippen LogP contribution < -0.4 is 0 Å². The van der Waals surface area contributed by atoms with Gasteiger partial charge in [-0.05, 0) is 82.4 Å². The molecule has 0 aliphatic carbocycles. The summed E-state index contributed by atoms with van der Waals surface area (Å²) in [6.45, 7) is 0. The Morgan fingerprint density at radius 3 is 1.55 bits per heavy atom. The molecule has 0 radical (unpaired) electrons. The maximum atomic E-state index is 7.02. The average Bonchev–Trinajstić information content (AvgIpc) is 4.12. The molecule has 14 aromatic rings. The number of furan rings is 2. The number of fused-ring (bicyclic) bond motifs is 9. The van der Waals surface area contributed by atoms with Crippen molar-refractivity contribution in [1.29, 1.82) is 0 Å². The largest absolute Gasteiger partial charge is 0.456 e. The third-order valence-corrected chi connectivity index (χ3v) is 13.5. The number of hydrogen-bond acceptors (Lipinski definition) is 5. The van der Waals surface area contributed by atoms with Crippen molar-refractivity contribution in [2.45, 2.75) is 0 Å². The predicted octanol–water partition coefficient (Wildman–Crippen LogP) is 16.8. The minimum absolute atomic E-state index is 0.599. The van der Waals surface area contributed by atoms with Gasteiger partial charge in [0.15, 0.2) is 17.5 Å². The van der Waals surface area contributed by atoms with E-state index in [1.165, 1.54) is 21.9 Å². The monoisotopic (exact) mass is 882 g/mol. The van der Waals surface area contributed by atoms with Crippen LogP contribution in [0.1, 0.15) is 0 Å². The van der Waals surface area contributed by atoms with Crippen molar-refractivity contribution in [3.05, 3.63) is 231 Å². The fourth-order valence-corrected chi connectivity index (χ4v) is 10.3. The lowest BCUT2D eigenvalue weighted by molar-refractivity contribution is 0.668. The van der Waals surface area contributed by atoms with Gasteiger partial charge in [0, 0.05) is 49.2 Å². The lowest BCUT2D eigenvalue weighted by atomic mass is 9.93. The first kappa shape index (κ1) is 38.8. The van der Waals surface area contributed by atoms with Gasteiger partial charge in [0.25, 0.3) is 0 Å². The van der Waals surface area contributed by atoms with Gasteiger partial charge in [-0.15, -0.1) is 0 Å². The van der Waals surface area contributed by atoms with E-state index in [1.54, 1.807) is 0 Å². The van der Waals surface area contributed by atoms with Crippen LogP contribution in [0.5, 0.6) is 0 Å². The van der Waals surface area contributed by atoms with Crippen LogP contribution in [0.3, 0.4) is 0 Å². The second kappa shape index (κ2) is 15.6. The van der Waals surface area contributed by atoms with Crippen LogP contribution in [0.25, 0.3) is 139 Å². The Balaban J connectivity index is 0.963. The molecular weight excluding hydrogens is 845 g/mol. The molecule has 0 aliphatic rings. The molecule has 0 saturated carbocycles. The van der Waals surface area contributed by atoms with Crippen LogP contribution >= 0.6 is 0 Å². The second-order valence-electron chi connectivity index (χ2n) is 17.5. The third-order valence-electron chi connectivity index (χ3n) is 13.5. The topological polar surface area (TPSA) is 69.9 Å². The van der Waals surface area contributed by atoms with Crippen LogP contribution in [0, 0.1) is 0 Å². The van der Waals surface area contributed by atoms with Gasteiger partial charge in [0.05, 0.1) is 22.1 Å². The minimum atomic E-state index is 0.599. The van der Waals surface area contributed by atoms with E-state index in [4.69, 9.17) is 23.8 Å². The molecule has 0 atom stereocenters. The van der Waals surface area contributed by atoms with Crippen molar-refractivity contribution in [1.82, 2.24) is 19.5 Å². The van der Waals surface area contributed by atoms with E-state index >= 15 is 0 Å². The number of rotatable bonds is 7. The molecule has 0 saturated heterocycles. The van der Waals surface area contributed by atoms with E-state index in [0.717, 1.165) is 99.5 Å². The lowest BCUT2D eigenvalue weighted by Crippen LogP contribution is -2.00. The van der Waals surface area contributed by atoms with Crippen molar-refractivity contribution in [3.8, 4) is 73.2 Å². The number of para-hydroxylation sites is 2. The number of hydrogen-bond donors (Lipinski definition) is 0. The van der Waals surface area contributed by atoms with Crippen molar-refractivity contribution < 1.29 is 8.83 Å². The predicted molar refractivity (Wildman–Crippen MR) is 281 cm³/mol. The molecule has 322 valence electrons. The summed E-state index contributed by atoms with van der Waals surface area (Å²) in [6.07, 6.45) is 0. The molecule has 4 aromatic heterocycles. The van der Waals surface area contributed by atoms with Gasteiger partial charge in [-0.1, -0.05) is 176 Å². The number of benzene rings is 10. The van der Waals surface area contributed by atoms with Crippen LogP contribution in [-0.4, -0.2) is 19.5 Å². The summed E-state index contributed by atoms with van der Waals surface area (Å²) in [7, 11) is 0. The van der Waals surface area contributed by atoms with Gasteiger partial charge < -0.3 is 13.4 Å². The van der Waals surface area contributed by atoms with E-state index in [2.05, 4.69) is 168 Å². The van der Waals surface area contributed by atoms with Gasteiger partial charge in [-0.3, -0.25) is 0 Å². The molecule has 0 spiro atoms. The normalized spacial score (nSPS) is 11.8. The second-order valence-corrected chi connectivity index (χ2v) is 17.5. The summed E-state index contributed by atoms with van der Waals surface area (Å²) in [4.78, 5) is 15.1.